The molecule has 8 nitrogen and oxygen atoms in total. The van der Waals surface area contributed by atoms with E-state index in [9.17, 15) is 10.1 Å². The quantitative estimate of drug-likeness (QED) is 0.285. The normalized spacial score (nSPS) is 19.4. The lowest BCUT2D eigenvalue weighted by molar-refractivity contribution is -0.147. The fraction of sp³-hybridized carbons (Fsp3) is 0.448. The van der Waals surface area contributed by atoms with E-state index in [1.165, 1.54) is 11.1 Å². The lowest BCUT2D eigenvalue weighted by Gasteiger charge is -2.18. The molecule has 0 radical (unpaired) electrons. The molecular weight excluding hydrogens is 468 g/mol. The van der Waals surface area contributed by atoms with Gasteiger partial charge in [0.1, 0.15) is 11.8 Å². The van der Waals surface area contributed by atoms with E-state index in [0.717, 1.165) is 24.9 Å². The Hall–Kier alpha value is -3.70. The summed E-state index contributed by atoms with van der Waals surface area (Å²) in [6.45, 7) is 8.34. The first-order valence-corrected chi connectivity index (χ1v) is 13.0. The van der Waals surface area contributed by atoms with Crippen LogP contribution in [0.15, 0.2) is 40.9 Å². The summed E-state index contributed by atoms with van der Waals surface area (Å²) in [5.74, 6) is 2.35. The number of benzene rings is 2. The maximum atomic E-state index is 11.8. The molecule has 0 spiro atoms. The number of hydrogen-bond acceptors (Lipinski definition) is 8. The number of rotatable bonds is 10. The molecule has 1 fully saturated rings. The molecule has 5 rings (SSSR count). The van der Waals surface area contributed by atoms with E-state index in [1.54, 1.807) is 12.1 Å². The Bertz CT molecular complexity index is 1340. The smallest absolute Gasteiger partial charge is 0.306 e. The molecule has 3 atom stereocenters. The zero-order chi connectivity index (χ0) is 26.1. The van der Waals surface area contributed by atoms with Crippen molar-refractivity contribution in [2.45, 2.75) is 71.1 Å². The van der Waals surface area contributed by atoms with Crippen molar-refractivity contribution >= 4 is 5.97 Å². The molecule has 192 valence electrons. The number of nitrogens with one attached hydrogen (secondary N) is 1. The monoisotopic (exact) mass is 500 g/mol. The summed E-state index contributed by atoms with van der Waals surface area (Å²) >= 11 is 0. The Labute approximate surface area is 217 Å². The Morgan fingerprint density at radius 2 is 2.05 bits per heavy atom. The first-order chi connectivity index (χ1) is 17.9. The number of aromatic nitrogens is 2. The van der Waals surface area contributed by atoms with Crippen molar-refractivity contribution in [3.8, 4) is 34.7 Å². The second kappa shape index (κ2) is 10.3. The fourth-order valence-electron chi connectivity index (χ4n) is 5.24. The molecule has 3 unspecified atom stereocenters. The highest BCUT2D eigenvalue weighted by Gasteiger charge is 2.52. The van der Waals surface area contributed by atoms with Crippen LogP contribution < -0.4 is 10.1 Å². The number of carbonyl (C=O) groups excluding carboxylic acids is 1. The van der Waals surface area contributed by atoms with Crippen LogP contribution in [0, 0.1) is 17.2 Å². The van der Waals surface area contributed by atoms with Crippen molar-refractivity contribution in [3.05, 3.63) is 53.1 Å². The van der Waals surface area contributed by atoms with Gasteiger partial charge in [-0.1, -0.05) is 23.4 Å². The zero-order valence-electron chi connectivity index (χ0n) is 21.7. The van der Waals surface area contributed by atoms with Crippen molar-refractivity contribution in [2.75, 3.05) is 6.54 Å². The average Bonchev–Trinajstić information content (AvgIpc) is 3.36. The number of ether oxygens (including phenoxy) is 2. The minimum Gasteiger partial charge on any atom is -0.490 e. The lowest BCUT2D eigenvalue weighted by atomic mass is 9.97. The van der Waals surface area contributed by atoms with Crippen molar-refractivity contribution in [1.29, 1.82) is 5.26 Å². The third kappa shape index (κ3) is 5.23. The molecule has 2 aliphatic carbocycles. The summed E-state index contributed by atoms with van der Waals surface area (Å²) in [5, 5.41) is 17.5. The van der Waals surface area contributed by atoms with Gasteiger partial charge in [-0.15, -0.1) is 0 Å². The molecule has 0 aliphatic heterocycles. The van der Waals surface area contributed by atoms with Gasteiger partial charge in [0.15, 0.2) is 0 Å². The number of nitriles is 1. The first-order valence-electron chi connectivity index (χ1n) is 13.0. The maximum absolute atomic E-state index is 11.8. The summed E-state index contributed by atoms with van der Waals surface area (Å²) in [7, 11) is 0. The van der Waals surface area contributed by atoms with Crippen LogP contribution >= 0.6 is 0 Å². The lowest BCUT2D eigenvalue weighted by Crippen LogP contribution is -2.24. The SMILES string of the molecule is CC(C)OC(=O)CCCNC1c2cccc(-c3noc(-c4ccc(OC(C)C)c(C#N)c4)n3)c2C2CC21. The van der Waals surface area contributed by atoms with Gasteiger partial charge in [-0.25, -0.2) is 0 Å². The van der Waals surface area contributed by atoms with Gasteiger partial charge in [0.2, 0.25) is 5.82 Å². The Kier molecular flexibility index (Phi) is 6.98. The molecule has 0 bridgehead atoms. The Balaban J connectivity index is 1.31. The van der Waals surface area contributed by atoms with Gasteiger partial charge >= 0.3 is 5.97 Å². The molecule has 8 heteroatoms. The molecule has 2 aliphatic rings. The van der Waals surface area contributed by atoms with E-state index < -0.39 is 0 Å². The van der Waals surface area contributed by atoms with Crippen LogP contribution in [0.5, 0.6) is 5.75 Å². The summed E-state index contributed by atoms with van der Waals surface area (Å²) in [6.07, 6.45) is 2.19. The van der Waals surface area contributed by atoms with Crippen LogP contribution in [-0.2, 0) is 9.53 Å². The van der Waals surface area contributed by atoms with E-state index >= 15 is 0 Å². The van der Waals surface area contributed by atoms with E-state index in [4.69, 9.17) is 19.0 Å². The number of nitrogens with zero attached hydrogens (tertiary/aromatic N) is 3. The molecule has 1 heterocycles. The molecular formula is C29H32N4O4. The van der Waals surface area contributed by atoms with Gasteiger partial charge in [0, 0.05) is 23.6 Å². The predicted octanol–water partition coefficient (Wildman–Crippen LogP) is 5.54. The Morgan fingerprint density at radius 1 is 1.22 bits per heavy atom. The third-order valence-electron chi connectivity index (χ3n) is 6.78. The summed E-state index contributed by atoms with van der Waals surface area (Å²) in [6, 6.07) is 14.0. The third-order valence-corrected chi connectivity index (χ3v) is 6.78. The Morgan fingerprint density at radius 3 is 2.81 bits per heavy atom. The highest BCUT2D eigenvalue weighted by atomic mass is 16.5. The number of hydrogen-bond donors (Lipinski definition) is 1. The van der Waals surface area contributed by atoms with Crippen molar-refractivity contribution in [1.82, 2.24) is 15.5 Å². The van der Waals surface area contributed by atoms with Crippen molar-refractivity contribution in [3.63, 3.8) is 0 Å². The average molecular weight is 501 g/mol. The molecule has 1 N–H and O–H groups in total. The second-order valence-corrected chi connectivity index (χ2v) is 10.3. The largest absolute Gasteiger partial charge is 0.490 e. The van der Waals surface area contributed by atoms with Gasteiger partial charge < -0.3 is 19.3 Å². The van der Waals surface area contributed by atoms with Gasteiger partial charge in [-0.2, -0.15) is 10.2 Å². The summed E-state index contributed by atoms with van der Waals surface area (Å²) in [5.41, 5.74) is 4.66. The van der Waals surface area contributed by atoms with Crippen LogP contribution in [0.3, 0.4) is 0 Å². The molecule has 0 amide bonds. The number of esters is 1. The zero-order valence-corrected chi connectivity index (χ0v) is 21.7. The highest BCUT2D eigenvalue weighted by Crippen LogP contribution is 2.63. The maximum Gasteiger partial charge on any atom is 0.306 e. The van der Waals surface area contributed by atoms with Gasteiger partial charge in [-0.05, 0) is 88.2 Å². The minimum atomic E-state index is -0.146. The fourth-order valence-corrected chi connectivity index (χ4v) is 5.24. The van der Waals surface area contributed by atoms with E-state index in [1.807, 2.05) is 45.9 Å². The van der Waals surface area contributed by atoms with E-state index in [-0.39, 0.29) is 24.2 Å². The molecule has 1 aromatic heterocycles. The van der Waals surface area contributed by atoms with Crippen LogP contribution in [-0.4, -0.2) is 34.9 Å². The van der Waals surface area contributed by atoms with Crippen LogP contribution in [0.2, 0.25) is 0 Å². The van der Waals surface area contributed by atoms with E-state index in [2.05, 4.69) is 22.6 Å². The van der Waals surface area contributed by atoms with Gasteiger partial charge in [-0.3, -0.25) is 4.79 Å². The van der Waals surface area contributed by atoms with Crippen molar-refractivity contribution in [2.24, 2.45) is 5.92 Å². The number of fused-ring (bicyclic) bond motifs is 3. The highest BCUT2D eigenvalue weighted by molar-refractivity contribution is 5.70. The van der Waals surface area contributed by atoms with Crippen LogP contribution in [0.4, 0.5) is 0 Å². The minimum absolute atomic E-state index is 0.0286. The predicted molar refractivity (Wildman–Crippen MR) is 138 cm³/mol. The van der Waals surface area contributed by atoms with Gasteiger partial charge in [0.25, 0.3) is 5.89 Å². The van der Waals surface area contributed by atoms with Crippen molar-refractivity contribution < 1.29 is 18.8 Å². The van der Waals surface area contributed by atoms with Crippen LogP contribution in [0.1, 0.15) is 75.6 Å². The number of carbonyl (C=O) groups is 1. The molecule has 0 saturated heterocycles. The standard InChI is InChI=1S/C29H32N4O4/c1-16(2)35-24-11-10-18(13-19(24)15-30)29-32-28(33-37-29)21-8-5-7-20-26(21)22-14-23(22)27(20)31-12-6-9-25(34)36-17(3)4/h5,7-8,10-11,13,16-17,22-23,27,31H,6,9,12,14H2,1-4H3. The molecule has 2 aromatic carbocycles. The second-order valence-electron chi connectivity index (χ2n) is 10.3. The summed E-state index contributed by atoms with van der Waals surface area (Å²) < 4.78 is 16.6. The van der Waals surface area contributed by atoms with E-state index in [0.29, 0.717) is 46.8 Å². The topological polar surface area (TPSA) is 110 Å². The molecule has 3 aromatic rings. The molecule has 37 heavy (non-hydrogen) atoms. The first kappa shape index (κ1) is 25.0. The van der Waals surface area contributed by atoms with Crippen LogP contribution in [0.25, 0.3) is 22.8 Å². The summed E-state index contributed by atoms with van der Waals surface area (Å²) in [4.78, 5) is 16.5. The molecule has 1 saturated carbocycles. The van der Waals surface area contributed by atoms with Gasteiger partial charge in [0.05, 0.1) is 17.8 Å².